The van der Waals surface area contributed by atoms with Gasteiger partial charge in [0, 0.05) is 31.7 Å². The number of hydrogen-bond donors (Lipinski definition) is 2. The van der Waals surface area contributed by atoms with Crippen LogP contribution in [0.5, 0.6) is 5.75 Å². The minimum absolute atomic E-state index is 0.799. The highest BCUT2D eigenvalue weighted by molar-refractivity contribution is 5.41. The van der Waals surface area contributed by atoms with Crippen LogP contribution in [0.1, 0.15) is 16.7 Å². The van der Waals surface area contributed by atoms with Crippen molar-refractivity contribution in [2.45, 2.75) is 20.4 Å². The van der Waals surface area contributed by atoms with Crippen molar-refractivity contribution in [1.82, 2.24) is 10.6 Å². The lowest BCUT2D eigenvalue weighted by atomic mass is 10.0. The Balaban J connectivity index is 1.95. The molecular formula is C14H22N2O. The summed E-state index contributed by atoms with van der Waals surface area (Å²) in [6.07, 6.45) is 0. The van der Waals surface area contributed by atoms with Crippen molar-refractivity contribution < 1.29 is 4.74 Å². The molecule has 0 radical (unpaired) electrons. The largest absolute Gasteiger partial charge is 0.496 e. The lowest BCUT2D eigenvalue weighted by molar-refractivity contribution is 0.330. The second-order valence-electron chi connectivity index (χ2n) is 4.90. The topological polar surface area (TPSA) is 33.3 Å². The van der Waals surface area contributed by atoms with Gasteiger partial charge in [0.2, 0.25) is 0 Å². The van der Waals surface area contributed by atoms with Gasteiger partial charge >= 0.3 is 0 Å². The second kappa shape index (κ2) is 5.52. The molecule has 1 aromatic carbocycles. The van der Waals surface area contributed by atoms with Crippen LogP contribution in [-0.2, 0) is 6.54 Å². The molecule has 2 N–H and O–H groups in total. The lowest BCUT2D eigenvalue weighted by Crippen LogP contribution is -2.47. The molecular weight excluding hydrogens is 212 g/mol. The smallest absolute Gasteiger partial charge is 0.123 e. The first kappa shape index (κ1) is 12.4. The molecule has 3 nitrogen and oxygen atoms in total. The van der Waals surface area contributed by atoms with Gasteiger partial charge in [0.05, 0.1) is 7.11 Å². The molecule has 1 aromatic rings. The number of hydrogen-bond acceptors (Lipinski definition) is 3. The van der Waals surface area contributed by atoms with Gasteiger partial charge in [-0.25, -0.2) is 0 Å². The van der Waals surface area contributed by atoms with E-state index in [1.165, 1.54) is 16.7 Å². The minimum Gasteiger partial charge on any atom is -0.496 e. The molecule has 1 aliphatic heterocycles. The fourth-order valence-electron chi connectivity index (χ4n) is 2.08. The third-order valence-corrected chi connectivity index (χ3v) is 3.51. The third-order valence-electron chi connectivity index (χ3n) is 3.51. The zero-order valence-corrected chi connectivity index (χ0v) is 11.0. The van der Waals surface area contributed by atoms with E-state index < -0.39 is 0 Å². The normalized spacial score (nSPS) is 15.7. The average molecular weight is 234 g/mol. The summed E-state index contributed by atoms with van der Waals surface area (Å²) in [7, 11) is 1.74. The van der Waals surface area contributed by atoms with Gasteiger partial charge in [-0.15, -0.1) is 0 Å². The molecule has 1 heterocycles. The van der Waals surface area contributed by atoms with Crippen molar-refractivity contribution in [2.75, 3.05) is 26.7 Å². The Kier molecular flexibility index (Phi) is 4.02. The van der Waals surface area contributed by atoms with E-state index in [4.69, 9.17) is 4.74 Å². The van der Waals surface area contributed by atoms with Crippen molar-refractivity contribution in [2.24, 2.45) is 5.92 Å². The van der Waals surface area contributed by atoms with Crippen LogP contribution in [0.15, 0.2) is 12.1 Å². The molecule has 1 saturated heterocycles. The molecule has 0 aliphatic carbocycles. The Labute approximate surface area is 104 Å². The monoisotopic (exact) mass is 234 g/mol. The van der Waals surface area contributed by atoms with Crippen molar-refractivity contribution >= 4 is 0 Å². The fraction of sp³-hybridized carbons (Fsp3) is 0.571. The highest BCUT2D eigenvalue weighted by Crippen LogP contribution is 2.22. The summed E-state index contributed by atoms with van der Waals surface area (Å²) in [5, 5.41) is 6.79. The Morgan fingerprint density at radius 2 is 2.00 bits per heavy atom. The number of aryl methyl sites for hydroxylation is 2. The molecule has 1 fully saturated rings. The van der Waals surface area contributed by atoms with Crippen LogP contribution in [0, 0.1) is 19.8 Å². The summed E-state index contributed by atoms with van der Waals surface area (Å²) >= 11 is 0. The maximum Gasteiger partial charge on any atom is 0.123 e. The van der Waals surface area contributed by atoms with E-state index in [0.29, 0.717) is 0 Å². The zero-order chi connectivity index (χ0) is 12.3. The van der Waals surface area contributed by atoms with Crippen LogP contribution in [0.4, 0.5) is 0 Å². The van der Waals surface area contributed by atoms with E-state index in [1.807, 2.05) is 0 Å². The highest BCUT2D eigenvalue weighted by Gasteiger charge is 2.15. The molecule has 94 valence electrons. The van der Waals surface area contributed by atoms with Crippen LogP contribution < -0.4 is 15.4 Å². The van der Waals surface area contributed by atoms with Crippen LogP contribution in [0.25, 0.3) is 0 Å². The Hall–Kier alpha value is -1.06. The maximum absolute atomic E-state index is 5.43. The molecule has 0 saturated carbocycles. The first-order valence-corrected chi connectivity index (χ1v) is 6.26. The summed E-state index contributed by atoms with van der Waals surface area (Å²) < 4.78 is 5.43. The highest BCUT2D eigenvalue weighted by atomic mass is 16.5. The van der Waals surface area contributed by atoms with Crippen molar-refractivity contribution in [3.05, 3.63) is 28.8 Å². The summed E-state index contributed by atoms with van der Waals surface area (Å²) in [6, 6.07) is 4.34. The predicted molar refractivity (Wildman–Crippen MR) is 70.5 cm³/mol. The Morgan fingerprint density at radius 1 is 1.29 bits per heavy atom. The van der Waals surface area contributed by atoms with Crippen LogP contribution >= 0.6 is 0 Å². The van der Waals surface area contributed by atoms with Crippen molar-refractivity contribution in [1.29, 1.82) is 0 Å². The molecule has 3 heteroatoms. The molecule has 0 bridgehead atoms. The van der Waals surface area contributed by atoms with Gasteiger partial charge in [0.15, 0.2) is 0 Å². The summed E-state index contributed by atoms with van der Waals surface area (Å²) in [5.74, 6) is 1.79. The van der Waals surface area contributed by atoms with Gasteiger partial charge in [-0.05, 0) is 37.0 Å². The predicted octanol–water partition coefficient (Wildman–Crippen LogP) is 1.62. The SMILES string of the molecule is COc1cc(C)c(C)cc1CNCC1CNC1. The van der Waals surface area contributed by atoms with E-state index >= 15 is 0 Å². The van der Waals surface area contributed by atoms with E-state index in [2.05, 4.69) is 36.6 Å². The minimum atomic E-state index is 0.799. The average Bonchev–Trinajstić information content (AvgIpc) is 2.26. The second-order valence-corrected chi connectivity index (χ2v) is 4.90. The summed E-state index contributed by atoms with van der Waals surface area (Å²) in [6.45, 7) is 8.54. The number of ether oxygens (including phenoxy) is 1. The molecule has 0 amide bonds. The number of nitrogens with one attached hydrogen (secondary N) is 2. The van der Waals surface area contributed by atoms with E-state index in [9.17, 15) is 0 Å². The summed E-state index contributed by atoms with van der Waals surface area (Å²) in [5.41, 5.74) is 3.87. The molecule has 17 heavy (non-hydrogen) atoms. The Morgan fingerprint density at radius 3 is 2.59 bits per heavy atom. The fourth-order valence-corrected chi connectivity index (χ4v) is 2.08. The van der Waals surface area contributed by atoms with Gasteiger partial charge in [-0.3, -0.25) is 0 Å². The quantitative estimate of drug-likeness (QED) is 0.812. The third kappa shape index (κ3) is 2.99. The van der Waals surface area contributed by atoms with Gasteiger partial charge in [0.1, 0.15) is 5.75 Å². The van der Waals surface area contributed by atoms with Gasteiger partial charge in [0.25, 0.3) is 0 Å². The van der Waals surface area contributed by atoms with Crippen LogP contribution in [-0.4, -0.2) is 26.7 Å². The first-order chi connectivity index (χ1) is 8.20. The number of methoxy groups -OCH3 is 1. The molecule has 0 unspecified atom stereocenters. The molecule has 0 spiro atoms. The molecule has 1 aliphatic rings. The number of benzene rings is 1. The van der Waals surface area contributed by atoms with Gasteiger partial charge in [-0.2, -0.15) is 0 Å². The first-order valence-electron chi connectivity index (χ1n) is 6.26. The maximum atomic E-state index is 5.43. The van der Waals surface area contributed by atoms with Gasteiger partial charge < -0.3 is 15.4 Å². The van der Waals surface area contributed by atoms with E-state index in [1.54, 1.807) is 7.11 Å². The number of rotatable bonds is 5. The van der Waals surface area contributed by atoms with Gasteiger partial charge in [-0.1, -0.05) is 6.07 Å². The molecule has 2 rings (SSSR count). The van der Waals surface area contributed by atoms with Crippen molar-refractivity contribution in [3.8, 4) is 5.75 Å². The lowest BCUT2D eigenvalue weighted by Gasteiger charge is -2.27. The van der Waals surface area contributed by atoms with Crippen LogP contribution in [0.3, 0.4) is 0 Å². The Bertz CT molecular complexity index is 386. The summed E-state index contributed by atoms with van der Waals surface area (Å²) in [4.78, 5) is 0. The van der Waals surface area contributed by atoms with E-state index in [0.717, 1.165) is 37.8 Å². The molecule has 0 atom stereocenters. The van der Waals surface area contributed by atoms with E-state index in [-0.39, 0.29) is 0 Å². The standard InChI is InChI=1S/C14H22N2O/c1-10-4-13(14(17-3)5-11(10)2)9-16-8-12-6-15-7-12/h4-5,12,15-16H,6-9H2,1-3H3. The van der Waals surface area contributed by atoms with Crippen LogP contribution in [0.2, 0.25) is 0 Å². The zero-order valence-electron chi connectivity index (χ0n) is 11.0. The molecule has 0 aromatic heterocycles. The van der Waals surface area contributed by atoms with Crippen molar-refractivity contribution in [3.63, 3.8) is 0 Å².